The van der Waals surface area contributed by atoms with Gasteiger partial charge in [0.2, 0.25) is 5.91 Å². The predicted molar refractivity (Wildman–Crippen MR) is 87.4 cm³/mol. The van der Waals surface area contributed by atoms with E-state index in [0.717, 1.165) is 65.1 Å². The standard InChI is InChI=1S/C16H28N2O3.ClH/c19-15(3-12-21-14-1-10-20-11-2-14)18-8-5-16(6-9-18)4-7-17-13-16;/h14,17H,1-13H2;1H. The van der Waals surface area contributed by atoms with Gasteiger partial charge >= 0.3 is 0 Å². The number of likely N-dealkylation sites (tertiary alicyclic amines) is 1. The van der Waals surface area contributed by atoms with Crippen molar-refractivity contribution in [1.82, 2.24) is 10.2 Å². The topological polar surface area (TPSA) is 50.8 Å². The fourth-order valence-corrected chi connectivity index (χ4v) is 3.77. The lowest BCUT2D eigenvalue weighted by molar-refractivity contribution is -0.135. The monoisotopic (exact) mass is 332 g/mol. The average molecular weight is 333 g/mol. The molecule has 1 amide bonds. The van der Waals surface area contributed by atoms with Gasteiger partial charge in [0.1, 0.15) is 0 Å². The lowest BCUT2D eigenvalue weighted by Crippen LogP contribution is -2.44. The molecule has 5 nitrogen and oxygen atoms in total. The van der Waals surface area contributed by atoms with Crippen LogP contribution in [0.1, 0.15) is 38.5 Å². The van der Waals surface area contributed by atoms with Crippen LogP contribution in [0.2, 0.25) is 0 Å². The van der Waals surface area contributed by atoms with Crippen LogP contribution in [0.15, 0.2) is 0 Å². The largest absolute Gasteiger partial charge is 0.381 e. The van der Waals surface area contributed by atoms with Gasteiger partial charge < -0.3 is 19.7 Å². The van der Waals surface area contributed by atoms with Crippen molar-refractivity contribution < 1.29 is 14.3 Å². The molecule has 1 N–H and O–H groups in total. The molecule has 0 bridgehead atoms. The molecular weight excluding hydrogens is 304 g/mol. The SMILES string of the molecule is Cl.O=C(CCOC1CCOCC1)N1CCC2(CCNC2)CC1. The minimum atomic E-state index is 0. The van der Waals surface area contributed by atoms with E-state index >= 15 is 0 Å². The Morgan fingerprint density at radius 3 is 2.59 bits per heavy atom. The van der Waals surface area contributed by atoms with Gasteiger partial charge in [-0.3, -0.25) is 4.79 Å². The third kappa shape index (κ3) is 4.57. The van der Waals surface area contributed by atoms with E-state index in [1.165, 1.54) is 6.42 Å². The summed E-state index contributed by atoms with van der Waals surface area (Å²) in [6.45, 7) is 6.29. The molecule has 22 heavy (non-hydrogen) atoms. The molecule has 0 aromatic rings. The summed E-state index contributed by atoms with van der Waals surface area (Å²) >= 11 is 0. The smallest absolute Gasteiger partial charge is 0.224 e. The fourth-order valence-electron chi connectivity index (χ4n) is 3.77. The van der Waals surface area contributed by atoms with E-state index in [-0.39, 0.29) is 18.3 Å². The minimum absolute atomic E-state index is 0. The molecule has 0 aliphatic carbocycles. The Morgan fingerprint density at radius 2 is 1.95 bits per heavy atom. The van der Waals surface area contributed by atoms with Crippen LogP contribution >= 0.6 is 12.4 Å². The number of rotatable bonds is 4. The quantitative estimate of drug-likeness (QED) is 0.849. The van der Waals surface area contributed by atoms with E-state index in [0.29, 0.717) is 24.5 Å². The van der Waals surface area contributed by atoms with Crippen molar-refractivity contribution in [3.8, 4) is 0 Å². The Kier molecular flexibility index (Phi) is 6.93. The van der Waals surface area contributed by atoms with Gasteiger partial charge in [0.25, 0.3) is 0 Å². The first-order valence-corrected chi connectivity index (χ1v) is 8.45. The van der Waals surface area contributed by atoms with Crippen molar-refractivity contribution >= 4 is 18.3 Å². The van der Waals surface area contributed by atoms with Crippen LogP contribution in [0.25, 0.3) is 0 Å². The summed E-state index contributed by atoms with van der Waals surface area (Å²) in [4.78, 5) is 14.3. The molecule has 3 aliphatic rings. The fraction of sp³-hybridized carbons (Fsp3) is 0.938. The van der Waals surface area contributed by atoms with E-state index in [1.54, 1.807) is 0 Å². The van der Waals surface area contributed by atoms with Crippen LogP contribution < -0.4 is 5.32 Å². The second-order valence-corrected chi connectivity index (χ2v) is 6.74. The van der Waals surface area contributed by atoms with Crippen molar-refractivity contribution in [2.75, 3.05) is 46.0 Å². The van der Waals surface area contributed by atoms with Crippen LogP contribution in [0.4, 0.5) is 0 Å². The molecule has 0 atom stereocenters. The Balaban J connectivity index is 0.00000176. The van der Waals surface area contributed by atoms with E-state index < -0.39 is 0 Å². The molecule has 0 aromatic carbocycles. The van der Waals surface area contributed by atoms with Crippen molar-refractivity contribution in [2.45, 2.75) is 44.6 Å². The van der Waals surface area contributed by atoms with Crippen LogP contribution in [0, 0.1) is 5.41 Å². The second-order valence-electron chi connectivity index (χ2n) is 6.74. The Labute approximate surface area is 139 Å². The van der Waals surface area contributed by atoms with Gasteiger partial charge in [0.05, 0.1) is 19.1 Å². The maximum absolute atomic E-state index is 12.2. The van der Waals surface area contributed by atoms with Crippen LogP contribution in [-0.4, -0.2) is 62.9 Å². The number of carbonyl (C=O) groups is 1. The van der Waals surface area contributed by atoms with Crippen molar-refractivity contribution in [3.63, 3.8) is 0 Å². The summed E-state index contributed by atoms with van der Waals surface area (Å²) < 4.78 is 11.1. The molecule has 3 heterocycles. The zero-order valence-corrected chi connectivity index (χ0v) is 14.2. The highest BCUT2D eigenvalue weighted by molar-refractivity contribution is 5.85. The van der Waals surface area contributed by atoms with Crippen molar-refractivity contribution in [2.24, 2.45) is 5.41 Å². The Morgan fingerprint density at radius 1 is 1.23 bits per heavy atom. The molecule has 0 radical (unpaired) electrons. The molecule has 6 heteroatoms. The van der Waals surface area contributed by atoms with E-state index in [9.17, 15) is 4.79 Å². The first kappa shape index (κ1) is 18.0. The van der Waals surface area contributed by atoms with Gasteiger partial charge in [-0.2, -0.15) is 0 Å². The molecule has 0 aromatic heterocycles. The number of hydrogen-bond acceptors (Lipinski definition) is 4. The lowest BCUT2D eigenvalue weighted by atomic mass is 9.78. The molecule has 0 unspecified atom stereocenters. The van der Waals surface area contributed by atoms with Gasteiger partial charge in [-0.1, -0.05) is 0 Å². The summed E-state index contributed by atoms with van der Waals surface area (Å²) in [7, 11) is 0. The number of nitrogens with one attached hydrogen (secondary N) is 1. The van der Waals surface area contributed by atoms with E-state index in [2.05, 4.69) is 5.32 Å². The maximum atomic E-state index is 12.2. The highest BCUT2D eigenvalue weighted by Crippen LogP contribution is 2.36. The summed E-state index contributed by atoms with van der Waals surface area (Å²) in [6, 6.07) is 0. The van der Waals surface area contributed by atoms with Gasteiger partial charge in [0.15, 0.2) is 0 Å². The number of amides is 1. The van der Waals surface area contributed by atoms with Crippen LogP contribution in [0.5, 0.6) is 0 Å². The van der Waals surface area contributed by atoms with Crippen molar-refractivity contribution in [3.05, 3.63) is 0 Å². The van der Waals surface area contributed by atoms with Crippen LogP contribution in [-0.2, 0) is 14.3 Å². The highest BCUT2D eigenvalue weighted by atomic mass is 35.5. The first-order chi connectivity index (χ1) is 10.3. The third-order valence-electron chi connectivity index (χ3n) is 5.35. The Hall–Kier alpha value is -0.360. The summed E-state index contributed by atoms with van der Waals surface area (Å²) in [6.07, 6.45) is 6.35. The predicted octanol–water partition coefficient (Wildman–Crippen LogP) is 1.60. The average Bonchev–Trinajstić information content (AvgIpc) is 2.97. The Bertz CT molecular complexity index is 345. The zero-order valence-electron chi connectivity index (χ0n) is 13.3. The molecule has 3 fully saturated rings. The van der Waals surface area contributed by atoms with E-state index in [4.69, 9.17) is 9.47 Å². The summed E-state index contributed by atoms with van der Waals surface area (Å²) in [5.41, 5.74) is 0.482. The summed E-state index contributed by atoms with van der Waals surface area (Å²) in [5.74, 6) is 0.267. The summed E-state index contributed by atoms with van der Waals surface area (Å²) in [5, 5.41) is 3.46. The molecule has 3 saturated heterocycles. The molecule has 0 saturated carbocycles. The number of carbonyl (C=O) groups excluding carboxylic acids is 1. The number of halogens is 1. The van der Waals surface area contributed by atoms with E-state index in [1.807, 2.05) is 4.90 Å². The molecule has 3 aliphatic heterocycles. The zero-order chi connectivity index (χ0) is 14.5. The van der Waals surface area contributed by atoms with Gasteiger partial charge in [0, 0.05) is 32.8 Å². The van der Waals surface area contributed by atoms with Gasteiger partial charge in [-0.05, 0) is 44.1 Å². The maximum Gasteiger partial charge on any atom is 0.224 e. The number of ether oxygens (including phenoxy) is 2. The lowest BCUT2D eigenvalue weighted by Gasteiger charge is -2.39. The first-order valence-electron chi connectivity index (χ1n) is 8.45. The normalized spacial score (nSPS) is 25.2. The number of piperidine rings is 1. The molecule has 3 rings (SSSR count). The minimum Gasteiger partial charge on any atom is -0.381 e. The molecule has 1 spiro atoms. The van der Waals surface area contributed by atoms with Crippen molar-refractivity contribution in [1.29, 1.82) is 0 Å². The second kappa shape index (κ2) is 8.48. The van der Waals surface area contributed by atoms with Gasteiger partial charge in [-0.15, -0.1) is 12.4 Å². The number of nitrogens with zero attached hydrogens (tertiary/aromatic N) is 1. The highest BCUT2D eigenvalue weighted by Gasteiger charge is 2.37. The number of hydrogen-bond donors (Lipinski definition) is 1. The third-order valence-corrected chi connectivity index (χ3v) is 5.35. The van der Waals surface area contributed by atoms with Gasteiger partial charge in [-0.25, -0.2) is 0 Å². The van der Waals surface area contributed by atoms with Crippen LogP contribution in [0.3, 0.4) is 0 Å². The molecule has 128 valence electrons. The molecular formula is C16H29ClN2O3.